The fraction of sp³-hybridized carbons (Fsp3) is 0.919. The summed E-state index contributed by atoms with van der Waals surface area (Å²) >= 11 is 0. The van der Waals surface area contributed by atoms with E-state index < -0.39 is 0 Å². The number of imidazole rings is 1. The quantitative estimate of drug-likeness (QED) is 0.0732. The molecule has 1 aromatic heterocycles. The van der Waals surface area contributed by atoms with Gasteiger partial charge in [0.05, 0.1) is 12.0 Å². The Morgan fingerprint density at radius 2 is 0.821 bits per heavy atom. The van der Waals surface area contributed by atoms with Gasteiger partial charge in [0, 0.05) is 0 Å². The van der Waals surface area contributed by atoms with Gasteiger partial charge in [-0.1, -0.05) is 175 Å². The van der Waals surface area contributed by atoms with Crippen LogP contribution in [-0.2, 0) is 0 Å². The van der Waals surface area contributed by atoms with E-state index in [2.05, 4.69) is 49.6 Å². The van der Waals surface area contributed by atoms with Crippen LogP contribution in [0.5, 0.6) is 0 Å². The van der Waals surface area contributed by atoms with E-state index in [0.717, 1.165) is 0 Å². The molecular formula is C37H73N2+. The van der Waals surface area contributed by atoms with Crippen LogP contribution in [0.3, 0.4) is 0 Å². The first-order chi connectivity index (χ1) is 19.2. The maximum atomic E-state index is 3.71. The zero-order valence-electron chi connectivity index (χ0n) is 27.6. The van der Waals surface area contributed by atoms with E-state index in [1.54, 1.807) is 0 Å². The molecular weight excluding hydrogens is 472 g/mol. The summed E-state index contributed by atoms with van der Waals surface area (Å²) in [4.78, 5) is 3.71. The van der Waals surface area contributed by atoms with Crippen LogP contribution >= 0.6 is 0 Å². The van der Waals surface area contributed by atoms with Crippen LogP contribution in [-0.4, -0.2) is 4.98 Å². The number of H-pyrrole nitrogens is 1. The second-order valence-electron chi connectivity index (χ2n) is 12.9. The first-order valence-electron chi connectivity index (χ1n) is 18.3. The van der Waals surface area contributed by atoms with Gasteiger partial charge in [-0.2, -0.15) is 0 Å². The molecule has 0 bridgehead atoms. The molecule has 39 heavy (non-hydrogen) atoms. The Morgan fingerprint density at radius 1 is 0.487 bits per heavy atom. The van der Waals surface area contributed by atoms with Crippen LogP contribution < -0.4 is 4.57 Å². The van der Waals surface area contributed by atoms with Crippen LogP contribution in [0.15, 0.2) is 12.4 Å². The van der Waals surface area contributed by atoms with E-state index in [0.29, 0.717) is 12.0 Å². The van der Waals surface area contributed by atoms with Crippen molar-refractivity contribution >= 4 is 0 Å². The molecule has 2 nitrogen and oxygen atoms in total. The zero-order chi connectivity index (χ0) is 28.2. The fourth-order valence-electron chi connectivity index (χ4n) is 6.43. The van der Waals surface area contributed by atoms with Crippen LogP contribution in [0.2, 0.25) is 0 Å². The average Bonchev–Trinajstić information content (AvgIpc) is 3.43. The largest absolute Gasteiger partial charge is 0.257 e. The van der Waals surface area contributed by atoms with Crippen molar-refractivity contribution in [3.8, 4) is 0 Å². The molecule has 0 aliphatic heterocycles. The number of aromatic nitrogens is 2. The molecule has 0 aliphatic carbocycles. The van der Waals surface area contributed by atoms with Gasteiger partial charge >= 0.3 is 0 Å². The molecule has 0 aliphatic rings. The smallest absolute Gasteiger partial charge is 0.247 e. The van der Waals surface area contributed by atoms with Crippen molar-refractivity contribution in [3.05, 3.63) is 18.2 Å². The number of nitrogens with one attached hydrogen (secondary N) is 1. The maximum Gasteiger partial charge on any atom is 0.257 e. The van der Waals surface area contributed by atoms with Gasteiger partial charge in [-0.25, -0.2) is 9.55 Å². The summed E-state index contributed by atoms with van der Waals surface area (Å²) in [6, 6.07) is 0.621. The Morgan fingerprint density at radius 3 is 1.23 bits per heavy atom. The Kier molecular flexibility index (Phi) is 25.4. The summed E-state index contributed by atoms with van der Waals surface area (Å²) in [7, 11) is 0. The fourth-order valence-corrected chi connectivity index (χ4v) is 6.43. The number of unbranched alkanes of at least 4 members (excludes halogenated alkanes) is 22. The third-order valence-corrected chi connectivity index (χ3v) is 9.14. The SMILES string of the molecule is CCCCCCCCCCCCCCCCCC(CCCCCCCCC)c1[nH]cc[n+]1C(C)CCCCC. The van der Waals surface area contributed by atoms with Crippen LogP contribution in [0.25, 0.3) is 0 Å². The van der Waals surface area contributed by atoms with Gasteiger partial charge in [0.25, 0.3) is 5.82 Å². The lowest BCUT2D eigenvalue weighted by molar-refractivity contribution is -0.727. The van der Waals surface area contributed by atoms with Gasteiger partial charge in [0.1, 0.15) is 12.4 Å². The highest BCUT2D eigenvalue weighted by atomic mass is 15.1. The lowest BCUT2D eigenvalue weighted by Gasteiger charge is -2.17. The molecule has 0 saturated heterocycles. The zero-order valence-corrected chi connectivity index (χ0v) is 27.6. The summed E-state index contributed by atoms with van der Waals surface area (Å²) in [6.45, 7) is 9.38. The molecule has 0 fully saturated rings. The minimum atomic E-state index is 0.621. The molecule has 0 aromatic carbocycles. The van der Waals surface area contributed by atoms with Gasteiger partial charge < -0.3 is 0 Å². The first kappa shape index (κ1) is 36.2. The van der Waals surface area contributed by atoms with Crippen LogP contribution in [0.4, 0.5) is 0 Å². The van der Waals surface area contributed by atoms with Crippen LogP contribution in [0.1, 0.15) is 225 Å². The third kappa shape index (κ3) is 19.8. The topological polar surface area (TPSA) is 19.7 Å². The Hall–Kier alpha value is -0.790. The molecule has 2 heteroatoms. The highest BCUT2D eigenvalue weighted by Crippen LogP contribution is 2.27. The minimum absolute atomic E-state index is 0.621. The molecule has 1 heterocycles. The van der Waals surface area contributed by atoms with Crippen molar-refractivity contribution < 1.29 is 4.57 Å². The highest BCUT2D eigenvalue weighted by molar-refractivity contribution is 4.90. The van der Waals surface area contributed by atoms with Crippen molar-refractivity contribution in [2.24, 2.45) is 0 Å². The van der Waals surface area contributed by atoms with E-state index >= 15 is 0 Å². The van der Waals surface area contributed by atoms with E-state index in [4.69, 9.17) is 0 Å². The second-order valence-corrected chi connectivity index (χ2v) is 12.9. The third-order valence-electron chi connectivity index (χ3n) is 9.14. The predicted molar refractivity (Wildman–Crippen MR) is 175 cm³/mol. The molecule has 1 rings (SSSR count). The molecule has 0 spiro atoms. The number of aromatic amines is 1. The standard InChI is InChI=1S/C37H72N2/c1-5-8-11-13-15-16-17-18-19-20-21-22-24-26-29-32-36(31-28-25-23-14-12-9-6-2)37-38-33-34-39(37)35(4)30-27-10-7-3/h33-36H,5-32H2,1-4H3/p+1. The lowest BCUT2D eigenvalue weighted by atomic mass is 9.92. The van der Waals surface area contributed by atoms with E-state index in [1.807, 2.05) is 0 Å². The van der Waals surface area contributed by atoms with Crippen molar-refractivity contribution in [2.75, 3.05) is 0 Å². The van der Waals surface area contributed by atoms with Crippen LogP contribution in [0, 0.1) is 0 Å². The van der Waals surface area contributed by atoms with Crippen molar-refractivity contribution in [1.29, 1.82) is 0 Å². The van der Waals surface area contributed by atoms with E-state index in [1.165, 1.54) is 186 Å². The maximum absolute atomic E-state index is 3.71. The normalized spacial score (nSPS) is 13.2. The number of hydrogen-bond donors (Lipinski definition) is 1. The van der Waals surface area contributed by atoms with Crippen molar-refractivity contribution in [2.45, 2.75) is 219 Å². The van der Waals surface area contributed by atoms with Crippen molar-refractivity contribution in [3.63, 3.8) is 0 Å². The number of rotatable bonds is 30. The molecule has 0 amide bonds. The number of nitrogens with zero attached hydrogens (tertiary/aromatic N) is 1. The van der Waals surface area contributed by atoms with Gasteiger partial charge in [0.15, 0.2) is 0 Å². The van der Waals surface area contributed by atoms with Crippen molar-refractivity contribution in [1.82, 2.24) is 4.98 Å². The summed E-state index contributed by atoms with van der Waals surface area (Å²) in [5, 5.41) is 0. The second kappa shape index (κ2) is 27.4. The predicted octanol–water partition coefficient (Wildman–Crippen LogP) is 12.9. The van der Waals surface area contributed by atoms with Gasteiger partial charge in [0.2, 0.25) is 0 Å². The summed E-state index contributed by atoms with van der Waals surface area (Å²) in [5.74, 6) is 2.24. The summed E-state index contributed by atoms with van der Waals surface area (Å²) < 4.78 is 2.60. The Labute approximate surface area is 246 Å². The van der Waals surface area contributed by atoms with Gasteiger partial charge in [-0.15, -0.1) is 0 Å². The van der Waals surface area contributed by atoms with E-state index in [9.17, 15) is 0 Å². The molecule has 1 aromatic rings. The molecule has 0 radical (unpaired) electrons. The number of hydrogen-bond acceptors (Lipinski definition) is 0. The Bertz CT molecular complexity index is 606. The minimum Gasteiger partial charge on any atom is -0.247 e. The van der Waals surface area contributed by atoms with Gasteiger partial charge in [-0.05, 0) is 32.6 Å². The highest BCUT2D eigenvalue weighted by Gasteiger charge is 2.25. The Balaban J connectivity index is 2.30. The molecule has 230 valence electrons. The molecule has 0 saturated carbocycles. The molecule has 2 unspecified atom stereocenters. The monoisotopic (exact) mass is 546 g/mol. The lowest BCUT2D eigenvalue weighted by Crippen LogP contribution is -2.41. The van der Waals surface area contributed by atoms with Gasteiger partial charge in [-0.3, -0.25) is 0 Å². The molecule has 2 atom stereocenters. The van der Waals surface area contributed by atoms with E-state index in [-0.39, 0.29) is 0 Å². The average molecular weight is 546 g/mol. The summed E-state index contributed by atoms with van der Waals surface area (Å²) in [5.41, 5.74) is 0. The molecule has 1 N–H and O–H groups in total. The summed E-state index contributed by atoms with van der Waals surface area (Å²) in [6.07, 6.45) is 44.3. The first-order valence-corrected chi connectivity index (χ1v) is 18.3.